The summed E-state index contributed by atoms with van der Waals surface area (Å²) in [5, 5.41) is 12.1. The molecule has 1 saturated heterocycles. The second-order valence-electron chi connectivity index (χ2n) is 6.49. The maximum Gasteiger partial charge on any atom is 0.266 e. The van der Waals surface area contributed by atoms with E-state index in [1.165, 1.54) is 17.0 Å². The van der Waals surface area contributed by atoms with Crippen molar-refractivity contribution < 1.29 is 19.1 Å². The van der Waals surface area contributed by atoms with E-state index >= 15 is 0 Å². The molecule has 0 bridgehead atoms. The molecule has 0 aromatic heterocycles. The number of carbonyl (C=O) groups is 2. The third kappa shape index (κ3) is 5.21. The number of phenols is 1. The molecule has 2 N–H and O–H groups in total. The first-order valence-electron chi connectivity index (χ1n) is 8.93. The Hall–Kier alpha value is -2.71. The molecule has 0 radical (unpaired) electrons. The maximum atomic E-state index is 13.4. The molecule has 2 aromatic carbocycles. The molecule has 1 aliphatic heterocycles. The number of carbonyl (C=O) groups excluding carboxylic acids is 2. The number of hydrogen-bond acceptors (Lipinski definition) is 5. The lowest BCUT2D eigenvalue weighted by Gasteiger charge is -2.22. The second-order valence-corrected chi connectivity index (χ2v) is 8.17. The van der Waals surface area contributed by atoms with Gasteiger partial charge in [-0.2, -0.15) is 0 Å². The van der Waals surface area contributed by atoms with Gasteiger partial charge in [0.15, 0.2) is 0 Å². The van der Waals surface area contributed by atoms with Crippen molar-refractivity contribution in [3.63, 3.8) is 0 Å². The van der Waals surface area contributed by atoms with Crippen LogP contribution in [0.5, 0.6) is 5.75 Å². The smallest absolute Gasteiger partial charge is 0.266 e. The minimum absolute atomic E-state index is 0.187. The fourth-order valence-electron chi connectivity index (χ4n) is 2.82. The number of hydrogen-bond donors (Lipinski definition) is 2. The monoisotopic (exact) mass is 430 g/mol. The molecule has 1 unspecified atom stereocenters. The molecular weight excluding hydrogens is 411 g/mol. The van der Waals surface area contributed by atoms with E-state index in [0.29, 0.717) is 27.8 Å². The largest absolute Gasteiger partial charge is 0.508 e. The van der Waals surface area contributed by atoms with Gasteiger partial charge in [-0.1, -0.05) is 48.2 Å². The van der Waals surface area contributed by atoms with E-state index in [1.54, 1.807) is 49.4 Å². The lowest BCUT2D eigenvalue weighted by Crippen LogP contribution is -2.47. The number of phenolic OH excluding ortho intramolecular Hbond substituents is 1. The van der Waals surface area contributed by atoms with Gasteiger partial charge in [-0.15, -0.1) is 0 Å². The van der Waals surface area contributed by atoms with Gasteiger partial charge in [-0.05, 0) is 54.8 Å². The Morgan fingerprint density at radius 1 is 1.31 bits per heavy atom. The van der Waals surface area contributed by atoms with Crippen molar-refractivity contribution in [2.24, 2.45) is 0 Å². The lowest BCUT2D eigenvalue weighted by atomic mass is 10.1. The highest BCUT2D eigenvalue weighted by molar-refractivity contribution is 8.26. The molecule has 1 atom stereocenters. The van der Waals surface area contributed by atoms with Crippen LogP contribution in [0.1, 0.15) is 18.1 Å². The van der Waals surface area contributed by atoms with Crippen molar-refractivity contribution >= 4 is 46.2 Å². The summed E-state index contributed by atoms with van der Waals surface area (Å²) in [4.78, 5) is 26.9. The average Bonchev–Trinajstić information content (AvgIpc) is 2.96. The Kier molecular flexibility index (Phi) is 6.66. The molecule has 29 heavy (non-hydrogen) atoms. The summed E-state index contributed by atoms with van der Waals surface area (Å²) in [7, 11) is 0. The minimum Gasteiger partial charge on any atom is -0.508 e. The number of benzene rings is 2. The molecule has 150 valence electrons. The fraction of sp³-hybridized carbons (Fsp3) is 0.190. The normalized spacial score (nSPS) is 16.3. The number of aromatic hydroxyl groups is 1. The van der Waals surface area contributed by atoms with E-state index < -0.39 is 11.9 Å². The average molecular weight is 431 g/mol. The van der Waals surface area contributed by atoms with E-state index in [1.807, 2.05) is 0 Å². The van der Waals surface area contributed by atoms with Gasteiger partial charge in [-0.25, -0.2) is 4.39 Å². The van der Waals surface area contributed by atoms with Crippen LogP contribution in [0, 0.1) is 5.82 Å². The summed E-state index contributed by atoms with van der Waals surface area (Å²) >= 11 is 6.38. The van der Waals surface area contributed by atoms with Gasteiger partial charge in [0, 0.05) is 6.54 Å². The van der Waals surface area contributed by atoms with E-state index in [9.17, 15) is 19.1 Å². The molecule has 2 amide bonds. The minimum atomic E-state index is -0.763. The van der Waals surface area contributed by atoms with E-state index in [2.05, 4.69) is 5.32 Å². The molecule has 0 aliphatic carbocycles. The predicted molar refractivity (Wildman–Crippen MR) is 116 cm³/mol. The van der Waals surface area contributed by atoms with Crippen LogP contribution >= 0.6 is 24.0 Å². The molecule has 0 saturated carbocycles. The van der Waals surface area contributed by atoms with Gasteiger partial charge < -0.3 is 10.4 Å². The Labute approximate surface area is 177 Å². The molecule has 1 fully saturated rings. The van der Waals surface area contributed by atoms with Crippen molar-refractivity contribution in [1.29, 1.82) is 0 Å². The lowest BCUT2D eigenvalue weighted by molar-refractivity contribution is -0.132. The van der Waals surface area contributed by atoms with E-state index in [0.717, 1.165) is 17.3 Å². The highest BCUT2D eigenvalue weighted by atomic mass is 32.2. The molecular formula is C21H19FN2O3S2. The quantitative estimate of drug-likeness (QED) is 0.543. The SMILES string of the molecule is CC(C(=O)NCCc1ccc(O)cc1)N1C(=O)/C(=C/c2cccc(F)c2)SC1=S. The third-order valence-corrected chi connectivity index (χ3v) is 5.72. The zero-order valence-electron chi connectivity index (χ0n) is 15.6. The number of nitrogens with one attached hydrogen (secondary N) is 1. The zero-order chi connectivity index (χ0) is 21.0. The van der Waals surface area contributed by atoms with Crippen LogP contribution in [0.2, 0.25) is 0 Å². The Bertz CT molecular complexity index is 976. The van der Waals surface area contributed by atoms with Gasteiger partial charge >= 0.3 is 0 Å². The van der Waals surface area contributed by atoms with Crippen LogP contribution in [0.25, 0.3) is 6.08 Å². The number of halogens is 1. The number of amides is 2. The number of thiocarbonyl (C=S) groups is 1. The van der Waals surface area contributed by atoms with Gasteiger partial charge in [-0.3, -0.25) is 14.5 Å². The number of nitrogens with zero attached hydrogens (tertiary/aromatic N) is 1. The molecule has 5 nitrogen and oxygen atoms in total. The summed E-state index contributed by atoms with van der Waals surface area (Å²) in [5.74, 6) is -0.889. The van der Waals surface area contributed by atoms with E-state index in [4.69, 9.17) is 12.2 Å². The fourth-order valence-corrected chi connectivity index (χ4v) is 4.24. The van der Waals surface area contributed by atoms with Crippen molar-refractivity contribution in [1.82, 2.24) is 10.2 Å². The summed E-state index contributed by atoms with van der Waals surface area (Å²) in [6, 6.07) is 11.9. The Balaban J connectivity index is 1.61. The summed E-state index contributed by atoms with van der Waals surface area (Å²) in [5.41, 5.74) is 1.52. The van der Waals surface area contributed by atoms with Crippen LogP contribution in [0.3, 0.4) is 0 Å². The summed E-state index contributed by atoms with van der Waals surface area (Å²) in [6.45, 7) is 2.01. The van der Waals surface area contributed by atoms with Crippen LogP contribution < -0.4 is 5.32 Å². The molecule has 1 aliphatic rings. The van der Waals surface area contributed by atoms with Crippen molar-refractivity contribution in [2.75, 3.05) is 6.54 Å². The second kappa shape index (κ2) is 9.19. The van der Waals surface area contributed by atoms with Crippen LogP contribution in [-0.2, 0) is 16.0 Å². The molecule has 3 rings (SSSR count). The first-order chi connectivity index (χ1) is 13.8. The van der Waals surface area contributed by atoms with Crippen molar-refractivity contribution in [3.05, 3.63) is 70.4 Å². The first kappa shape index (κ1) is 21.0. The van der Waals surface area contributed by atoms with Gasteiger partial charge in [0.25, 0.3) is 5.91 Å². The topological polar surface area (TPSA) is 69.6 Å². The van der Waals surface area contributed by atoms with Gasteiger partial charge in [0.2, 0.25) is 5.91 Å². The van der Waals surface area contributed by atoms with Gasteiger partial charge in [0.1, 0.15) is 21.9 Å². The highest BCUT2D eigenvalue weighted by Crippen LogP contribution is 2.34. The van der Waals surface area contributed by atoms with Crippen molar-refractivity contribution in [3.8, 4) is 5.75 Å². The van der Waals surface area contributed by atoms with Crippen LogP contribution in [-0.4, -0.2) is 38.7 Å². The van der Waals surface area contributed by atoms with Crippen molar-refractivity contribution in [2.45, 2.75) is 19.4 Å². The van der Waals surface area contributed by atoms with E-state index in [-0.39, 0.29) is 17.6 Å². The maximum absolute atomic E-state index is 13.4. The zero-order valence-corrected chi connectivity index (χ0v) is 17.2. The highest BCUT2D eigenvalue weighted by Gasteiger charge is 2.38. The Morgan fingerprint density at radius 3 is 2.72 bits per heavy atom. The van der Waals surface area contributed by atoms with Crippen LogP contribution in [0.4, 0.5) is 4.39 Å². The summed E-state index contributed by atoms with van der Waals surface area (Å²) in [6.07, 6.45) is 2.16. The van der Waals surface area contributed by atoms with Gasteiger partial charge in [0.05, 0.1) is 4.91 Å². The third-order valence-electron chi connectivity index (χ3n) is 4.39. The number of rotatable bonds is 6. The molecule has 1 heterocycles. The molecule has 0 spiro atoms. The predicted octanol–water partition coefficient (Wildman–Crippen LogP) is 3.48. The standard InChI is InChI=1S/C21H19FN2O3S2/c1-13(19(26)23-10-9-14-5-7-17(25)8-6-14)24-20(27)18(29-21(24)28)12-15-3-2-4-16(22)11-15/h2-8,11-13,25H,9-10H2,1H3,(H,23,26)/b18-12-. The summed E-state index contributed by atoms with van der Waals surface area (Å²) < 4.78 is 13.7. The molecule has 2 aromatic rings. The van der Waals surface area contributed by atoms with Crippen LogP contribution in [0.15, 0.2) is 53.4 Å². The first-order valence-corrected chi connectivity index (χ1v) is 10.2. The number of thioether (sulfide) groups is 1. The molecule has 8 heteroatoms. The Morgan fingerprint density at radius 2 is 2.03 bits per heavy atom.